The zero-order valence-corrected chi connectivity index (χ0v) is 49.8. The lowest BCUT2D eigenvalue weighted by molar-refractivity contribution is 0.334. The molecule has 11 rings (SSSR count). The van der Waals surface area contributed by atoms with Crippen molar-refractivity contribution >= 4 is 17.1 Å². The molecule has 7 aromatic carbocycles. The van der Waals surface area contributed by atoms with E-state index in [1.807, 2.05) is 5.56 Å². The summed E-state index contributed by atoms with van der Waals surface area (Å²) in [7, 11) is 0. The van der Waals surface area contributed by atoms with E-state index in [0.29, 0.717) is 17.8 Å². The fourth-order valence-corrected chi connectivity index (χ4v) is 15.9. The van der Waals surface area contributed by atoms with E-state index in [-0.39, 0.29) is 10.8 Å². The number of para-hydroxylation sites is 1. The van der Waals surface area contributed by atoms with E-state index in [1.165, 1.54) is 208 Å². The van der Waals surface area contributed by atoms with Crippen molar-refractivity contribution in [1.82, 2.24) is 0 Å². The molecular weight excluding hydrogens is 951 g/mol. The molecule has 4 aliphatic carbocycles. The van der Waals surface area contributed by atoms with Gasteiger partial charge in [0.05, 0.1) is 5.69 Å². The molecule has 7 aromatic rings. The SMILES string of the molecule is CCC1CCCC(c2cc(-c3ccc(N(c4ccc5c(c4)C(C)(c4ccc(C(C)(C)C)cc4)c4ccccc4-5)c4ccccc4-c4ccccc4)cc3)cc(C3CCCC(CC)CCC3)c2C2CCCC(CC)CCC2)CCC1. The largest absolute Gasteiger partial charge is 0.310 e. The van der Waals surface area contributed by atoms with Crippen molar-refractivity contribution in [3.63, 3.8) is 0 Å². The van der Waals surface area contributed by atoms with Gasteiger partial charge in [0.1, 0.15) is 0 Å². The van der Waals surface area contributed by atoms with E-state index in [0.717, 1.165) is 17.8 Å². The molecule has 0 aromatic heterocycles. The van der Waals surface area contributed by atoms with Crippen LogP contribution >= 0.6 is 0 Å². The molecule has 3 fully saturated rings. The zero-order valence-electron chi connectivity index (χ0n) is 49.8. The van der Waals surface area contributed by atoms with E-state index in [4.69, 9.17) is 0 Å². The van der Waals surface area contributed by atoms with Crippen molar-refractivity contribution < 1.29 is 0 Å². The van der Waals surface area contributed by atoms with Crippen LogP contribution in [0.4, 0.5) is 17.1 Å². The van der Waals surface area contributed by atoms with Gasteiger partial charge in [-0.2, -0.15) is 0 Å². The van der Waals surface area contributed by atoms with Crippen LogP contribution in [0.1, 0.15) is 240 Å². The van der Waals surface area contributed by atoms with E-state index < -0.39 is 0 Å². The van der Waals surface area contributed by atoms with Crippen LogP contribution in [0.3, 0.4) is 0 Å². The average molecular weight is 1050 g/mol. The van der Waals surface area contributed by atoms with Crippen LogP contribution in [0.2, 0.25) is 0 Å². The lowest BCUT2D eigenvalue weighted by Crippen LogP contribution is -2.23. The number of fused-ring (bicyclic) bond motifs is 3. The summed E-state index contributed by atoms with van der Waals surface area (Å²) in [4.78, 5) is 2.56. The molecule has 0 heterocycles. The van der Waals surface area contributed by atoms with Gasteiger partial charge >= 0.3 is 0 Å². The topological polar surface area (TPSA) is 3.24 Å². The molecule has 0 amide bonds. The Labute approximate surface area is 479 Å². The molecule has 1 nitrogen and oxygen atoms in total. The van der Waals surface area contributed by atoms with Gasteiger partial charge in [-0.25, -0.2) is 0 Å². The number of anilines is 3. The summed E-state index contributed by atoms with van der Waals surface area (Å²) in [5.41, 5.74) is 22.1. The second-order valence-electron chi connectivity index (χ2n) is 26.6. The first-order chi connectivity index (χ1) is 38.5. The molecule has 4 aliphatic rings. The highest BCUT2D eigenvalue weighted by atomic mass is 15.1. The third-order valence-corrected chi connectivity index (χ3v) is 20.8. The van der Waals surface area contributed by atoms with Crippen LogP contribution in [0, 0.1) is 17.8 Å². The Hall–Kier alpha value is -5.66. The summed E-state index contributed by atoms with van der Waals surface area (Å²) < 4.78 is 0. The van der Waals surface area contributed by atoms with Crippen molar-refractivity contribution in [3.8, 4) is 33.4 Å². The molecule has 0 N–H and O–H groups in total. The zero-order chi connectivity index (χ0) is 54.5. The normalized spacial score (nSPS) is 23.9. The molecule has 412 valence electrons. The minimum atomic E-state index is -0.329. The van der Waals surface area contributed by atoms with Crippen LogP contribution in [-0.2, 0) is 10.8 Å². The van der Waals surface area contributed by atoms with Crippen LogP contribution in [0.15, 0.2) is 158 Å². The predicted octanol–water partition coefficient (Wildman–Crippen LogP) is 23.5. The van der Waals surface area contributed by atoms with Crippen molar-refractivity contribution in [2.24, 2.45) is 17.8 Å². The molecule has 3 saturated carbocycles. The lowest BCUT2D eigenvalue weighted by atomic mass is 9.70. The minimum Gasteiger partial charge on any atom is -0.310 e. The smallest absolute Gasteiger partial charge is 0.0540 e. The Morgan fingerprint density at radius 3 is 1.41 bits per heavy atom. The number of hydrogen-bond acceptors (Lipinski definition) is 1. The molecule has 0 bridgehead atoms. The Morgan fingerprint density at radius 1 is 0.405 bits per heavy atom. The van der Waals surface area contributed by atoms with Gasteiger partial charge in [0.15, 0.2) is 0 Å². The van der Waals surface area contributed by atoms with Crippen molar-refractivity contribution in [2.75, 3.05) is 4.90 Å². The second kappa shape index (κ2) is 24.6. The average Bonchev–Trinajstić information content (AvgIpc) is 3.55. The van der Waals surface area contributed by atoms with E-state index in [1.54, 1.807) is 11.1 Å². The predicted molar refractivity (Wildman–Crippen MR) is 341 cm³/mol. The summed E-state index contributed by atoms with van der Waals surface area (Å²) in [6.45, 7) is 16.7. The van der Waals surface area contributed by atoms with Gasteiger partial charge in [0.25, 0.3) is 0 Å². The fourth-order valence-electron chi connectivity index (χ4n) is 15.9. The maximum absolute atomic E-state index is 2.79. The highest BCUT2D eigenvalue weighted by Gasteiger charge is 2.41. The molecular formula is C78H95N. The molecule has 79 heavy (non-hydrogen) atoms. The van der Waals surface area contributed by atoms with Gasteiger partial charge in [-0.05, 0) is 183 Å². The van der Waals surface area contributed by atoms with Crippen LogP contribution in [0.25, 0.3) is 33.4 Å². The Morgan fingerprint density at radius 2 is 0.873 bits per heavy atom. The summed E-state index contributed by atoms with van der Waals surface area (Å²) in [5.74, 6) is 4.71. The Kier molecular flexibility index (Phi) is 17.2. The molecule has 0 saturated heterocycles. The standard InChI is InChI=1S/C78H95N/c1-8-55-24-18-32-60(33-19-25-55)71-52-63(53-72(61-34-20-26-56(9-2)27-21-35-61)76(71)62-36-22-28-57(10-3)29-23-37-62)58-42-48-66(49-43-58)79(75-41-17-15-38-68(75)59-30-12-11-13-31-59)67-50-51-70-69-39-14-16-40-73(69)78(7,74(70)54-67)65-46-44-64(45-47-65)77(4,5)6/h11-17,30-31,38-57,60-62H,8-10,18-29,32-37H2,1-7H3. The summed E-state index contributed by atoms with van der Waals surface area (Å²) in [6, 6.07) is 61.6. The lowest BCUT2D eigenvalue weighted by Gasteiger charge is -2.35. The molecule has 0 aliphatic heterocycles. The van der Waals surface area contributed by atoms with E-state index >= 15 is 0 Å². The third-order valence-electron chi connectivity index (χ3n) is 20.8. The van der Waals surface area contributed by atoms with Crippen molar-refractivity contribution in [1.29, 1.82) is 0 Å². The van der Waals surface area contributed by atoms with Gasteiger partial charge in [0.2, 0.25) is 0 Å². The van der Waals surface area contributed by atoms with E-state index in [9.17, 15) is 0 Å². The van der Waals surface area contributed by atoms with Gasteiger partial charge < -0.3 is 4.90 Å². The monoisotopic (exact) mass is 1050 g/mol. The summed E-state index contributed by atoms with van der Waals surface area (Å²) in [5, 5.41) is 0. The van der Waals surface area contributed by atoms with Crippen LogP contribution in [-0.4, -0.2) is 0 Å². The second-order valence-corrected chi connectivity index (χ2v) is 26.6. The van der Waals surface area contributed by atoms with Crippen molar-refractivity contribution in [2.45, 2.75) is 212 Å². The van der Waals surface area contributed by atoms with Gasteiger partial charge in [-0.15, -0.1) is 0 Å². The Bertz CT molecular complexity index is 3040. The third kappa shape index (κ3) is 11.6. The maximum Gasteiger partial charge on any atom is 0.0540 e. The molecule has 0 radical (unpaired) electrons. The summed E-state index contributed by atoms with van der Waals surface area (Å²) >= 11 is 0. The highest BCUT2D eigenvalue weighted by Crippen LogP contribution is 2.55. The Balaban J connectivity index is 1.05. The van der Waals surface area contributed by atoms with Crippen LogP contribution < -0.4 is 4.90 Å². The van der Waals surface area contributed by atoms with Gasteiger partial charge in [-0.1, -0.05) is 265 Å². The molecule has 1 unspecified atom stereocenters. The molecule has 1 heteroatoms. The molecule has 1 atom stereocenters. The van der Waals surface area contributed by atoms with Crippen LogP contribution in [0.5, 0.6) is 0 Å². The first-order valence-corrected chi connectivity index (χ1v) is 32.1. The maximum atomic E-state index is 2.79. The fraction of sp³-hybridized carbons (Fsp3) is 0.462. The number of hydrogen-bond donors (Lipinski definition) is 0. The van der Waals surface area contributed by atoms with Crippen molar-refractivity contribution in [3.05, 3.63) is 197 Å². The minimum absolute atomic E-state index is 0.0840. The van der Waals surface area contributed by atoms with Gasteiger partial charge in [-0.3, -0.25) is 0 Å². The number of nitrogens with zero attached hydrogens (tertiary/aromatic N) is 1. The quantitative estimate of drug-likeness (QED) is 0.118. The van der Waals surface area contributed by atoms with Gasteiger partial charge in [0, 0.05) is 22.4 Å². The number of rotatable bonds is 12. The van der Waals surface area contributed by atoms with E-state index in [2.05, 4.69) is 211 Å². The molecule has 0 spiro atoms. The highest BCUT2D eigenvalue weighted by molar-refractivity contribution is 5.91. The summed E-state index contributed by atoms with van der Waals surface area (Å²) in [6.07, 6.45) is 28.9. The first-order valence-electron chi connectivity index (χ1n) is 32.1. The first kappa shape index (κ1) is 55.3. The number of benzene rings is 7.